The van der Waals surface area contributed by atoms with Crippen LogP contribution < -0.4 is 33.3 Å². The van der Waals surface area contributed by atoms with Crippen LogP contribution in [0.3, 0.4) is 0 Å². The molecule has 0 aliphatic carbocycles. The van der Waals surface area contributed by atoms with Crippen LogP contribution in [0.25, 0.3) is 65.8 Å². The summed E-state index contributed by atoms with van der Waals surface area (Å²) < 4.78 is 7.06. The van der Waals surface area contributed by atoms with E-state index in [9.17, 15) is 0 Å². The molecule has 1 radical (unpaired) electrons. The van der Waals surface area contributed by atoms with Crippen LogP contribution in [0.5, 0.6) is 0 Å². The van der Waals surface area contributed by atoms with Crippen molar-refractivity contribution >= 4 is 88.8 Å². The molecule has 0 amide bonds. The molecule has 0 saturated carbocycles. The van der Waals surface area contributed by atoms with Crippen LogP contribution in [-0.4, -0.2) is 45.2 Å². The minimum absolute atomic E-state index is 0. The van der Waals surface area contributed by atoms with Crippen LogP contribution in [0.1, 0.15) is 53.1 Å². The normalized spacial score (nSPS) is 12.5. The molecule has 0 unspecified atom stereocenters. The van der Waals surface area contributed by atoms with Gasteiger partial charge in [0, 0.05) is 56.9 Å². The fourth-order valence-electron chi connectivity index (χ4n) is 7.92. The van der Waals surface area contributed by atoms with Gasteiger partial charge in [0.05, 0.1) is 10.9 Å². The van der Waals surface area contributed by atoms with E-state index in [4.69, 9.17) is 10.2 Å². The molecular formula is C51H47I2IrN9-2. The summed E-state index contributed by atoms with van der Waals surface area (Å²) in [5.41, 5.74) is 8.98. The number of aromatic nitrogens is 6. The van der Waals surface area contributed by atoms with Gasteiger partial charge in [0.1, 0.15) is 23.7 Å². The third-order valence-electron chi connectivity index (χ3n) is 10.7. The van der Waals surface area contributed by atoms with Gasteiger partial charge in [-0.3, -0.25) is 4.40 Å². The van der Waals surface area contributed by atoms with Gasteiger partial charge in [0.15, 0.2) is 5.65 Å². The van der Waals surface area contributed by atoms with Crippen molar-refractivity contribution in [1.82, 2.24) is 29.4 Å². The fourth-order valence-corrected chi connectivity index (χ4v) is 7.92. The van der Waals surface area contributed by atoms with E-state index in [1.807, 2.05) is 38.4 Å². The summed E-state index contributed by atoms with van der Waals surface area (Å²) in [5.74, 6) is 0.990. The number of halogens is 2. The number of fused-ring (bicyclic) bond motifs is 18. The van der Waals surface area contributed by atoms with Gasteiger partial charge in [-0.2, -0.15) is 33.8 Å². The molecule has 63 heavy (non-hydrogen) atoms. The summed E-state index contributed by atoms with van der Waals surface area (Å²) in [6.45, 7) is 14.9. The summed E-state index contributed by atoms with van der Waals surface area (Å²) >= 11 is 2.34. The standard InChI is InChI=1S/C17H16N3.C17H15N3.C14H9N3.C3H7I.HI.Ir/c2*1-12(2)20-11-19-16-10-6-5-8-14(16)13-7-3-4-9-15(13)17(19)18-20;1-2-7-12-10(5-1)11-6-3-4-8-13(11)17-9-15-16-14(12)17;1-3(2)4;;/h3-12H,1-2H3;3-9,11-12H,1-2H3;1-9H;3H,1-2H3;1H;/q+1;-2;;;;/p-1. The van der Waals surface area contributed by atoms with Gasteiger partial charge in [0.2, 0.25) is 6.33 Å². The zero-order chi connectivity index (χ0) is 42.2. The number of nitrogens with zero attached hydrogens (tertiary/aromatic N) is 9. The number of pyridine rings is 2. The Morgan fingerprint density at radius 1 is 0.635 bits per heavy atom. The molecule has 12 heteroatoms. The van der Waals surface area contributed by atoms with E-state index in [0.29, 0.717) is 12.1 Å². The average molecular weight is 1230 g/mol. The van der Waals surface area contributed by atoms with E-state index < -0.39 is 0 Å². The molecule has 321 valence electrons. The quantitative estimate of drug-likeness (QED) is 0.0570. The van der Waals surface area contributed by atoms with Gasteiger partial charge in [-0.15, -0.1) is 27.1 Å². The first kappa shape index (κ1) is 46.0. The van der Waals surface area contributed by atoms with Crippen LogP contribution in [0.2, 0.25) is 0 Å². The van der Waals surface area contributed by atoms with Crippen molar-refractivity contribution in [2.24, 2.45) is 5.10 Å². The van der Waals surface area contributed by atoms with Crippen molar-refractivity contribution in [3.8, 4) is 11.1 Å². The second-order valence-corrected chi connectivity index (χ2v) is 18.4. The number of rotatable bonds is 2. The molecule has 6 heterocycles. The topological polar surface area (TPSA) is 71.0 Å². The molecule has 12 rings (SSSR count). The van der Waals surface area contributed by atoms with E-state index in [2.05, 4.69) is 218 Å². The van der Waals surface area contributed by atoms with Crippen molar-refractivity contribution in [2.75, 3.05) is 4.90 Å². The van der Waals surface area contributed by atoms with Crippen molar-refractivity contribution < 1.29 is 48.5 Å². The number of hydrogen-bond donors (Lipinski definition) is 0. The Morgan fingerprint density at radius 3 is 1.90 bits per heavy atom. The van der Waals surface area contributed by atoms with Gasteiger partial charge < -0.3 is 33.9 Å². The molecule has 4 aromatic heterocycles. The average Bonchev–Trinajstić information content (AvgIpc) is 4.08. The van der Waals surface area contributed by atoms with Crippen molar-refractivity contribution in [1.29, 1.82) is 0 Å². The number of para-hydroxylation sites is 3. The number of amidine groups is 1. The number of anilines is 1. The van der Waals surface area contributed by atoms with Crippen LogP contribution in [0.15, 0.2) is 157 Å². The SMILES string of the molecule is CC(C)I.CC(C)N1[CH-]N2C(=N1)c1ccccc1-c1ccc[c-]c12.CC(C)n1c[n+]2c3ccccc3c3ccccc3c2n1.[I-].[Ir].c1ccc2c(c1)c1ccccc1n1cnnc21. The Bertz CT molecular complexity index is 3080. The maximum Gasteiger partial charge on any atom is 0.314 e. The molecule has 0 spiro atoms. The van der Waals surface area contributed by atoms with Gasteiger partial charge in [-0.05, 0) is 56.7 Å². The van der Waals surface area contributed by atoms with E-state index in [1.165, 1.54) is 49.1 Å². The second kappa shape index (κ2) is 19.8. The van der Waals surface area contributed by atoms with Crippen LogP contribution in [0, 0.1) is 12.7 Å². The maximum absolute atomic E-state index is 4.77. The summed E-state index contributed by atoms with van der Waals surface area (Å²) in [6, 6.07) is 52.2. The summed E-state index contributed by atoms with van der Waals surface area (Å²) in [7, 11) is 0. The first-order valence-corrected chi connectivity index (χ1v) is 22.0. The summed E-state index contributed by atoms with van der Waals surface area (Å²) in [4.78, 5) is 2.14. The minimum atomic E-state index is 0. The molecular weight excluding hydrogens is 1180 g/mol. The number of hydrogen-bond acceptors (Lipinski definition) is 6. The molecule has 2 aliphatic rings. The first-order chi connectivity index (χ1) is 29.7. The molecule has 0 fully saturated rings. The van der Waals surface area contributed by atoms with Gasteiger partial charge in [-0.1, -0.05) is 151 Å². The molecule has 2 aliphatic heterocycles. The molecule has 6 aromatic carbocycles. The van der Waals surface area contributed by atoms with Gasteiger partial charge in [0.25, 0.3) is 0 Å². The largest absolute Gasteiger partial charge is 1.00 e. The Labute approximate surface area is 412 Å². The zero-order valence-electron chi connectivity index (χ0n) is 35.9. The molecule has 10 aromatic rings. The molecule has 0 saturated heterocycles. The van der Waals surface area contributed by atoms with Crippen LogP contribution in [-0.2, 0) is 20.1 Å². The van der Waals surface area contributed by atoms with Crippen molar-refractivity contribution in [2.45, 2.75) is 57.6 Å². The number of hydrazone groups is 1. The molecule has 0 bridgehead atoms. The van der Waals surface area contributed by atoms with E-state index in [0.717, 1.165) is 37.6 Å². The van der Waals surface area contributed by atoms with Gasteiger partial charge in [-0.25, -0.2) is 0 Å². The monoisotopic (exact) mass is 1230 g/mol. The number of benzene rings is 6. The summed E-state index contributed by atoms with van der Waals surface area (Å²) in [6.07, 6.45) is 3.86. The summed E-state index contributed by atoms with van der Waals surface area (Å²) in [5, 5.41) is 27.1. The molecule has 0 N–H and O–H groups in total. The Morgan fingerprint density at radius 2 is 1.21 bits per heavy atom. The smallest absolute Gasteiger partial charge is 0.314 e. The first-order valence-electron chi connectivity index (χ1n) is 20.7. The van der Waals surface area contributed by atoms with E-state index >= 15 is 0 Å². The maximum atomic E-state index is 4.77. The minimum Gasteiger partial charge on any atom is -1.00 e. The molecule has 0 atom stereocenters. The van der Waals surface area contributed by atoms with Gasteiger partial charge >= 0.3 is 5.65 Å². The van der Waals surface area contributed by atoms with Crippen molar-refractivity contribution in [3.05, 3.63) is 170 Å². The fraction of sp³-hybridized carbons (Fsp3) is 0.176. The number of alkyl halides is 1. The van der Waals surface area contributed by atoms with Crippen molar-refractivity contribution in [3.63, 3.8) is 0 Å². The van der Waals surface area contributed by atoms with Crippen LogP contribution >= 0.6 is 22.6 Å². The Hall–Kier alpha value is -5.02. The zero-order valence-corrected chi connectivity index (χ0v) is 42.6. The van der Waals surface area contributed by atoms with Crippen LogP contribution in [0.4, 0.5) is 5.69 Å². The second-order valence-electron chi connectivity index (χ2n) is 15.9. The van der Waals surface area contributed by atoms with E-state index in [1.54, 1.807) is 6.33 Å². The predicted octanol–water partition coefficient (Wildman–Crippen LogP) is 8.85. The third-order valence-corrected chi connectivity index (χ3v) is 10.7. The predicted molar refractivity (Wildman–Crippen MR) is 259 cm³/mol. The third kappa shape index (κ3) is 8.92. The Balaban J connectivity index is 0.000000134. The Kier molecular flexibility index (Phi) is 14.4. The van der Waals surface area contributed by atoms with E-state index in [-0.39, 0.29) is 44.1 Å². The molecule has 9 nitrogen and oxygen atoms in total.